The number of nitro benzene ring substituents is 1. The standard InChI is InChI=1S/C17H18N2O8S/c1-9(2)27-15(20)8-18-16(21)14(28-17(18)22)6-10-5-12(25-3)13(26-4)7-11(10)19(23)24/h5-7,9H,8H2,1-4H3/b14-6+. The number of benzene rings is 1. The van der Waals surface area contributed by atoms with Crippen LogP contribution in [0.2, 0.25) is 0 Å². The van der Waals surface area contributed by atoms with Crippen LogP contribution in [0.4, 0.5) is 10.5 Å². The van der Waals surface area contributed by atoms with Gasteiger partial charge in [0.25, 0.3) is 16.8 Å². The molecule has 10 nitrogen and oxygen atoms in total. The number of hydrogen-bond donors (Lipinski definition) is 0. The lowest BCUT2D eigenvalue weighted by Gasteiger charge is -2.13. The molecule has 1 saturated heterocycles. The highest BCUT2D eigenvalue weighted by atomic mass is 32.2. The zero-order valence-corrected chi connectivity index (χ0v) is 16.4. The van der Waals surface area contributed by atoms with Gasteiger partial charge < -0.3 is 14.2 Å². The highest BCUT2D eigenvalue weighted by molar-refractivity contribution is 8.18. The third-order valence-electron chi connectivity index (χ3n) is 3.54. The number of methoxy groups -OCH3 is 2. The number of nitro groups is 1. The van der Waals surface area contributed by atoms with Crippen LogP contribution in [0.1, 0.15) is 19.4 Å². The van der Waals surface area contributed by atoms with Gasteiger partial charge >= 0.3 is 5.97 Å². The summed E-state index contributed by atoms with van der Waals surface area (Å²) in [5.74, 6) is -1.09. The molecule has 1 fully saturated rings. The van der Waals surface area contributed by atoms with Crippen LogP contribution in [0, 0.1) is 10.1 Å². The molecule has 1 aromatic rings. The van der Waals surface area contributed by atoms with E-state index < -0.39 is 34.7 Å². The molecule has 150 valence electrons. The monoisotopic (exact) mass is 410 g/mol. The highest BCUT2D eigenvalue weighted by Crippen LogP contribution is 2.38. The summed E-state index contributed by atoms with van der Waals surface area (Å²) < 4.78 is 15.1. The van der Waals surface area contributed by atoms with Crippen molar-refractivity contribution >= 4 is 40.6 Å². The molecule has 0 aromatic heterocycles. The Bertz CT molecular complexity index is 865. The molecule has 0 aliphatic carbocycles. The number of hydrogen-bond acceptors (Lipinski definition) is 9. The predicted molar refractivity (Wildman–Crippen MR) is 100 cm³/mol. The SMILES string of the molecule is COc1cc(/C=C2/SC(=O)N(CC(=O)OC(C)C)C2=O)c([N+](=O)[O-])cc1OC. The molecule has 2 rings (SSSR count). The van der Waals surface area contributed by atoms with Gasteiger partial charge in [-0.3, -0.25) is 29.4 Å². The Morgan fingerprint density at radius 3 is 2.39 bits per heavy atom. The molecule has 0 saturated carbocycles. The van der Waals surface area contributed by atoms with Crippen LogP contribution in [-0.4, -0.2) is 53.8 Å². The molecule has 1 aromatic carbocycles. The van der Waals surface area contributed by atoms with Crippen molar-refractivity contribution in [2.24, 2.45) is 0 Å². The summed E-state index contributed by atoms with van der Waals surface area (Å²) in [5.41, 5.74) is -0.276. The molecule has 28 heavy (non-hydrogen) atoms. The van der Waals surface area contributed by atoms with E-state index in [9.17, 15) is 24.5 Å². The Morgan fingerprint density at radius 1 is 1.25 bits per heavy atom. The lowest BCUT2D eigenvalue weighted by atomic mass is 10.1. The summed E-state index contributed by atoms with van der Waals surface area (Å²) >= 11 is 0.577. The maximum absolute atomic E-state index is 12.5. The summed E-state index contributed by atoms with van der Waals surface area (Å²) in [6, 6.07) is 2.49. The van der Waals surface area contributed by atoms with E-state index in [4.69, 9.17) is 14.2 Å². The van der Waals surface area contributed by atoms with E-state index in [1.165, 1.54) is 26.4 Å². The Kier molecular flexibility index (Phi) is 6.62. The maximum Gasteiger partial charge on any atom is 0.326 e. The van der Waals surface area contributed by atoms with E-state index in [0.29, 0.717) is 11.8 Å². The van der Waals surface area contributed by atoms with Gasteiger partial charge in [0.2, 0.25) is 0 Å². The molecule has 11 heteroatoms. The van der Waals surface area contributed by atoms with Crippen molar-refractivity contribution in [1.82, 2.24) is 4.90 Å². The van der Waals surface area contributed by atoms with Crippen molar-refractivity contribution < 1.29 is 33.5 Å². The minimum Gasteiger partial charge on any atom is -0.493 e. The molecule has 1 heterocycles. The minimum atomic E-state index is -0.736. The number of rotatable bonds is 7. The summed E-state index contributed by atoms with van der Waals surface area (Å²) in [7, 11) is 2.70. The fourth-order valence-corrected chi connectivity index (χ4v) is 3.19. The molecule has 0 unspecified atom stereocenters. The number of carbonyl (C=O) groups is 3. The van der Waals surface area contributed by atoms with Gasteiger partial charge in [-0.2, -0.15) is 0 Å². The van der Waals surface area contributed by atoms with Crippen LogP contribution >= 0.6 is 11.8 Å². The lowest BCUT2D eigenvalue weighted by Crippen LogP contribution is -2.35. The molecule has 0 bridgehead atoms. The molecular formula is C17H18N2O8S. The van der Waals surface area contributed by atoms with Crippen molar-refractivity contribution in [3.05, 3.63) is 32.7 Å². The second-order valence-electron chi connectivity index (χ2n) is 5.83. The first-order valence-corrected chi connectivity index (χ1v) is 8.84. The van der Waals surface area contributed by atoms with Crippen LogP contribution in [0.15, 0.2) is 17.0 Å². The number of ether oxygens (including phenoxy) is 3. The topological polar surface area (TPSA) is 125 Å². The number of carbonyl (C=O) groups excluding carboxylic acids is 3. The molecule has 0 atom stereocenters. The summed E-state index contributed by atoms with van der Waals surface area (Å²) in [6.07, 6.45) is 0.816. The first-order chi connectivity index (χ1) is 13.2. The van der Waals surface area contributed by atoms with Gasteiger partial charge in [0.05, 0.1) is 41.8 Å². The fourth-order valence-electron chi connectivity index (χ4n) is 2.36. The maximum atomic E-state index is 12.5. The van der Waals surface area contributed by atoms with Gasteiger partial charge in [-0.05, 0) is 37.8 Å². The van der Waals surface area contributed by atoms with Crippen LogP contribution in [0.3, 0.4) is 0 Å². The Labute approximate surface area is 164 Å². The second kappa shape index (κ2) is 8.74. The zero-order chi connectivity index (χ0) is 21.0. The smallest absolute Gasteiger partial charge is 0.326 e. The van der Waals surface area contributed by atoms with E-state index in [1.54, 1.807) is 13.8 Å². The first kappa shape index (κ1) is 21.2. The number of esters is 1. The third kappa shape index (κ3) is 4.60. The molecule has 1 aliphatic rings. The fraction of sp³-hybridized carbons (Fsp3) is 0.353. The number of imide groups is 1. The highest BCUT2D eigenvalue weighted by Gasteiger charge is 2.37. The number of thioether (sulfide) groups is 1. The van der Waals surface area contributed by atoms with Gasteiger partial charge in [0.1, 0.15) is 6.54 Å². The van der Waals surface area contributed by atoms with Gasteiger partial charge in [-0.1, -0.05) is 0 Å². The van der Waals surface area contributed by atoms with E-state index in [1.807, 2.05) is 0 Å². The van der Waals surface area contributed by atoms with Gasteiger partial charge in [-0.25, -0.2) is 0 Å². The molecule has 0 spiro atoms. The second-order valence-corrected chi connectivity index (χ2v) is 6.82. The van der Waals surface area contributed by atoms with Gasteiger partial charge in [-0.15, -0.1) is 0 Å². The van der Waals surface area contributed by atoms with Crippen LogP contribution < -0.4 is 9.47 Å². The Morgan fingerprint density at radius 2 is 1.86 bits per heavy atom. The lowest BCUT2D eigenvalue weighted by molar-refractivity contribution is -0.385. The van der Waals surface area contributed by atoms with Crippen LogP contribution in [0.5, 0.6) is 11.5 Å². The van der Waals surface area contributed by atoms with Crippen molar-refractivity contribution in [2.75, 3.05) is 20.8 Å². The van der Waals surface area contributed by atoms with E-state index >= 15 is 0 Å². The van der Waals surface area contributed by atoms with Crippen molar-refractivity contribution in [3.8, 4) is 11.5 Å². The van der Waals surface area contributed by atoms with E-state index in [0.717, 1.165) is 11.0 Å². The molecule has 2 amide bonds. The average Bonchev–Trinajstić information content (AvgIpc) is 2.87. The van der Waals surface area contributed by atoms with Crippen LogP contribution in [0.25, 0.3) is 6.08 Å². The van der Waals surface area contributed by atoms with Crippen molar-refractivity contribution in [2.45, 2.75) is 20.0 Å². The van der Waals surface area contributed by atoms with Crippen molar-refractivity contribution in [1.29, 1.82) is 0 Å². The largest absolute Gasteiger partial charge is 0.493 e. The first-order valence-electron chi connectivity index (χ1n) is 8.03. The zero-order valence-electron chi connectivity index (χ0n) is 15.6. The number of nitrogens with zero attached hydrogens (tertiary/aromatic N) is 2. The summed E-state index contributed by atoms with van der Waals surface area (Å²) in [4.78, 5) is 47.7. The molecular weight excluding hydrogens is 392 g/mol. The van der Waals surface area contributed by atoms with Crippen LogP contribution in [-0.2, 0) is 14.3 Å². The molecule has 0 radical (unpaired) electrons. The van der Waals surface area contributed by atoms with Crippen molar-refractivity contribution in [3.63, 3.8) is 0 Å². The normalized spacial score (nSPS) is 15.3. The predicted octanol–water partition coefficient (Wildman–Crippen LogP) is 2.60. The summed E-state index contributed by atoms with van der Waals surface area (Å²) in [6.45, 7) is 2.75. The summed E-state index contributed by atoms with van der Waals surface area (Å²) in [5, 5.41) is 10.7. The molecule has 0 N–H and O–H groups in total. The average molecular weight is 410 g/mol. The Hall–Kier alpha value is -3.08. The van der Waals surface area contributed by atoms with Gasteiger partial charge in [0, 0.05) is 0 Å². The quantitative estimate of drug-likeness (QED) is 0.288. The Balaban J connectivity index is 2.37. The molecule has 1 aliphatic heterocycles. The minimum absolute atomic E-state index is 0.0536. The third-order valence-corrected chi connectivity index (χ3v) is 4.45. The van der Waals surface area contributed by atoms with E-state index in [2.05, 4.69) is 0 Å². The number of amides is 2. The van der Waals surface area contributed by atoms with Gasteiger partial charge in [0.15, 0.2) is 11.5 Å². The van der Waals surface area contributed by atoms with E-state index in [-0.39, 0.29) is 27.7 Å².